The Morgan fingerprint density at radius 2 is 2.16 bits per heavy atom. The van der Waals surface area contributed by atoms with Crippen LogP contribution in [0.2, 0.25) is 0 Å². The Morgan fingerprint density at radius 3 is 3.00 bits per heavy atom. The number of aliphatic hydroxyl groups is 1. The number of carbonyl (C=O) groups is 1. The molecule has 3 aromatic heterocycles. The molecule has 0 spiro atoms. The number of hydrogen-bond donors (Lipinski definition) is 2. The second-order valence-corrected chi connectivity index (χ2v) is 8.75. The summed E-state index contributed by atoms with van der Waals surface area (Å²) in [6.45, 7) is 2.76. The number of nitrogens with one attached hydrogen (secondary N) is 1. The topological polar surface area (TPSA) is 95.7 Å². The lowest BCUT2D eigenvalue weighted by molar-refractivity contribution is 0.0917. The number of carbonyl (C=O) groups excluding carboxylic acids is 1. The third-order valence-electron chi connectivity index (χ3n) is 6.81. The average molecular weight is 439 g/mol. The lowest BCUT2D eigenvalue weighted by atomic mass is 10.0. The zero-order chi connectivity index (χ0) is 22.2. The molecule has 2 N–H and O–H groups in total. The van der Waals surface area contributed by atoms with Crippen LogP contribution in [0.5, 0.6) is 0 Å². The van der Waals surface area contributed by atoms with Crippen molar-refractivity contribution in [2.45, 2.75) is 51.1 Å². The van der Waals surface area contributed by atoms with Gasteiger partial charge in [-0.2, -0.15) is 5.10 Å². The van der Waals surface area contributed by atoms with Crippen molar-refractivity contribution in [1.29, 1.82) is 0 Å². The predicted octanol–water partition coefficient (Wildman–Crippen LogP) is 2.80. The molecule has 1 unspecified atom stereocenters. The molecule has 1 saturated heterocycles. The van der Waals surface area contributed by atoms with Crippen molar-refractivity contribution < 1.29 is 14.3 Å². The minimum atomic E-state index is -0.344. The van der Waals surface area contributed by atoms with Crippen molar-refractivity contribution in [1.82, 2.24) is 24.9 Å². The minimum Gasteiger partial charge on any atom is -0.396 e. The van der Waals surface area contributed by atoms with Crippen molar-refractivity contribution >= 4 is 17.4 Å². The Hall–Kier alpha value is -3.07. The molecule has 3 atom stereocenters. The molecular weight excluding hydrogens is 411 g/mol. The van der Waals surface area contributed by atoms with Crippen LogP contribution in [-0.4, -0.2) is 49.8 Å². The lowest BCUT2D eigenvalue weighted by Crippen LogP contribution is -2.38. The highest BCUT2D eigenvalue weighted by Crippen LogP contribution is 2.36. The molecule has 0 aromatic carbocycles. The number of hydrogen-bond acceptors (Lipinski definition) is 6. The molecule has 2 fully saturated rings. The molecule has 5 rings (SSSR count). The van der Waals surface area contributed by atoms with Crippen LogP contribution in [0.15, 0.2) is 30.7 Å². The van der Waals surface area contributed by atoms with Gasteiger partial charge in [0.25, 0.3) is 5.91 Å². The molecule has 0 bridgehead atoms. The van der Waals surface area contributed by atoms with Gasteiger partial charge >= 0.3 is 0 Å². The molecule has 8 nitrogen and oxygen atoms in total. The van der Waals surface area contributed by atoms with Crippen LogP contribution in [-0.2, 0) is 0 Å². The summed E-state index contributed by atoms with van der Waals surface area (Å²) in [5.74, 6) is 0.256. The Balaban J connectivity index is 1.44. The summed E-state index contributed by atoms with van der Waals surface area (Å²) in [6.07, 6.45) is 9.21. The third kappa shape index (κ3) is 3.70. The summed E-state index contributed by atoms with van der Waals surface area (Å²) >= 11 is 0. The molecule has 9 heteroatoms. The van der Waals surface area contributed by atoms with Gasteiger partial charge in [-0.15, -0.1) is 0 Å². The summed E-state index contributed by atoms with van der Waals surface area (Å²) in [7, 11) is 0. The van der Waals surface area contributed by atoms with E-state index in [-0.39, 0.29) is 36.3 Å². The Bertz CT molecular complexity index is 1150. The number of aliphatic hydroxyl groups excluding tert-OH is 1. The predicted molar refractivity (Wildman–Crippen MR) is 117 cm³/mol. The first kappa shape index (κ1) is 20.8. The molecule has 1 amide bonds. The van der Waals surface area contributed by atoms with Gasteiger partial charge in [0, 0.05) is 37.0 Å². The molecular formula is C23H27FN6O2. The van der Waals surface area contributed by atoms with Gasteiger partial charge in [0.05, 0.1) is 18.4 Å². The highest BCUT2D eigenvalue weighted by atomic mass is 19.1. The van der Waals surface area contributed by atoms with Crippen molar-refractivity contribution in [2.75, 3.05) is 18.1 Å². The monoisotopic (exact) mass is 438 g/mol. The second-order valence-electron chi connectivity index (χ2n) is 8.75. The van der Waals surface area contributed by atoms with Gasteiger partial charge < -0.3 is 15.3 Å². The quantitative estimate of drug-likeness (QED) is 0.636. The first-order valence-electron chi connectivity index (χ1n) is 11.2. The van der Waals surface area contributed by atoms with E-state index in [4.69, 9.17) is 4.98 Å². The molecule has 2 aliphatic rings. The Labute approximate surface area is 185 Å². The maximum absolute atomic E-state index is 13.9. The number of aromatic nitrogens is 4. The minimum absolute atomic E-state index is 0.0165. The zero-order valence-electron chi connectivity index (χ0n) is 18.0. The number of anilines is 1. The maximum atomic E-state index is 13.9. The number of pyridine rings is 1. The first-order valence-corrected chi connectivity index (χ1v) is 11.2. The normalized spacial score (nSPS) is 23.2. The van der Waals surface area contributed by atoms with E-state index in [2.05, 4.69) is 20.3 Å². The summed E-state index contributed by atoms with van der Waals surface area (Å²) in [5.41, 5.74) is 2.57. The van der Waals surface area contributed by atoms with Crippen LogP contribution in [0.4, 0.5) is 10.2 Å². The molecule has 168 valence electrons. The zero-order valence-corrected chi connectivity index (χ0v) is 18.0. The van der Waals surface area contributed by atoms with E-state index >= 15 is 0 Å². The molecule has 3 aromatic rings. The van der Waals surface area contributed by atoms with Crippen LogP contribution >= 0.6 is 0 Å². The third-order valence-corrected chi connectivity index (χ3v) is 6.81. The van der Waals surface area contributed by atoms with Crippen molar-refractivity contribution in [3.8, 4) is 0 Å². The number of halogens is 1. The Kier molecular flexibility index (Phi) is 5.50. The fourth-order valence-electron chi connectivity index (χ4n) is 5.10. The average Bonchev–Trinajstić information content (AvgIpc) is 3.54. The fraction of sp³-hybridized carbons (Fsp3) is 0.478. The molecule has 0 radical (unpaired) electrons. The van der Waals surface area contributed by atoms with Crippen LogP contribution in [0.25, 0.3) is 5.65 Å². The number of rotatable bonds is 5. The van der Waals surface area contributed by atoms with E-state index in [1.807, 2.05) is 13.0 Å². The SMILES string of the molecule is Cc1ncc(F)cc1C1CCCN1c1ccn2ncc(C(=O)N[C@@H]3CCC[C@H]3CO)c2n1. The van der Waals surface area contributed by atoms with Crippen LogP contribution < -0.4 is 10.2 Å². The summed E-state index contributed by atoms with van der Waals surface area (Å²) in [6, 6.07) is 3.39. The fourth-order valence-corrected chi connectivity index (χ4v) is 5.10. The van der Waals surface area contributed by atoms with Gasteiger partial charge in [0.15, 0.2) is 5.65 Å². The van der Waals surface area contributed by atoms with E-state index < -0.39 is 0 Å². The van der Waals surface area contributed by atoms with Gasteiger partial charge in [0.1, 0.15) is 17.2 Å². The summed E-state index contributed by atoms with van der Waals surface area (Å²) < 4.78 is 15.5. The summed E-state index contributed by atoms with van der Waals surface area (Å²) in [5, 5.41) is 16.9. The van der Waals surface area contributed by atoms with Gasteiger partial charge in [-0.05, 0) is 50.3 Å². The van der Waals surface area contributed by atoms with E-state index in [9.17, 15) is 14.3 Å². The molecule has 4 heterocycles. The van der Waals surface area contributed by atoms with E-state index in [1.54, 1.807) is 16.8 Å². The number of nitrogens with zero attached hydrogens (tertiary/aromatic N) is 5. The van der Waals surface area contributed by atoms with Gasteiger partial charge in [-0.3, -0.25) is 9.78 Å². The van der Waals surface area contributed by atoms with Crippen LogP contribution in [0.1, 0.15) is 59.8 Å². The van der Waals surface area contributed by atoms with E-state index in [0.29, 0.717) is 11.2 Å². The van der Waals surface area contributed by atoms with E-state index in [0.717, 1.165) is 55.7 Å². The number of aryl methyl sites for hydroxylation is 1. The van der Waals surface area contributed by atoms with Crippen LogP contribution in [0.3, 0.4) is 0 Å². The second kappa shape index (κ2) is 8.46. The Morgan fingerprint density at radius 1 is 1.28 bits per heavy atom. The molecule has 1 aliphatic heterocycles. The number of fused-ring (bicyclic) bond motifs is 1. The molecule has 1 aliphatic carbocycles. The summed E-state index contributed by atoms with van der Waals surface area (Å²) in [4.78, 5) is 24.1. The van der Waals surface area contributed by atoms with Gasteiger partial charge in [-0.25, -0.2) is 13.9 Å². The standard InChI is InChI=1S/C23H27FN6O2/c1-14-17(10-16(24)11-25-14)20-6-3-8-29(20)21-7-9-30-22(28-21)18(12-26-30)23(32)27-19-5-2-4-15(19)13-31/h7,9-12,15,19-20,31H,2-6,8,13H2,1H3,(H,27,32)/t15-,19+,20?/m0/s1. The first-order chi connectivity index (χ1) is 15.5. The lowest BCUT2D eigenvalue weighted by Gasteiger charge is -2.27. The molecule has 32 heavy (non-hydrogen) atoms. The highest BCUT2D eigenvalue weighted by Gasteiger charge is 2.31. The maximum Gasteiger partial charge on any atom is 0.256 e. The van der Waals surface area contributed by atoms with E-state index in [1.165, 1.54) is 12.4 Å². The van der Waals surface area contributed by atoms with Crippen molar-refractivity contribution in [2.24, 2.45) is 5.92 Å². The van der Waals surface area contributed by atoms with Crippen molar-refractivity contribution in [3.05, 3.63) is 53.4 Å². The highest BCUT2D eigenvalue weighted by molar-refractivity contribution is 6.00. The largest absolute Gasteiger partial charge is 0.396 e. The molecule has 1 saturated carbocycles. The van der Waals surface area contributed by atoms with Crippen molar-refractivity contribution in [3.63, 3.8) is 0 Å². The van der Waals surface area contributed by atoms with Gasteiger partial charge in [-0.1, -0.05) is 6.42 Å². The number of amides is 1. The van der Waals surface area contributed by atoms with Crippen LogP contribution in [0, 0.1) is 18.7 Å². The smallest absolute Gasteiger partial charge is 0.256 e. The van der Waals surface area contributed by atoms with Gasteiger partial charge in [0.2, 0.25) is 0 Å².